The van der Waals surface area contributed by atoms with Gasteiger partial charge >= 0.3 is 23.9 Å². The molecule has 0 unspecified atom stereocenters. The molecular formula is C24H32N2O10. The predicted molar refractivity (Wildman–Crippen MR) is 125 cm³/mol. The first-order chi connectivity index (χ1) is 17.2. The summed E-state index contributed by atoms with van der Waals surface area (Å²) in [5.41, 5.74) is -0.0247. The minimum Gasteiger partial charge on any atom is -0.465 e. The van der Waals surface area contributed by atoms with Crippen molar-refractivity contribution in [2.24, 2.45) is 0 Å². The Morgan fingerprint density at radius 1 is 0.556 bits per heavy atom. The molecule has 0 aliphatic rings. The molecule has 198 valence electrons. The molecule has 12 heteroatoms. The van der Waals surface area contributed by atoms with Crippen LogP contribution in [0.5, 0.6) is 0 Å². The number of carbonyl (C=O) groups excluding carboxylic acids is 6. The Bertz CT molecular complexity index is 835. The topological polar surface area (TPSA) is 146 Å². The number of hydrogen-bond donors (Lipinski definition) is 0. The fraction of sp³-hybridized carbons (Fsp3) is 0.500. The van der Waals surface area contributed by atoms with Gasteiger partial charge in [0.05, 0.1) is 26.4 Å². The van der Waals surface area contributed by atoms with E-state index in [2.05, 4.69) is 0 Å². The largest absolute Gasteiger partial charge is 0.465 e. The number of hydrogen-bond acceptors (Lipinski definition) is 10. The van der Waals surface area contributed by atoms with E-state index in [1.807, 2.05) is 0 Å². The monoisotopic (exact) mass is 508 g/mol. The lowest BCUT2D eigenvalue weighted by molar-refractivity contribution is -0.148. The van der Waals surface area contributed by atoms with Crippen molar-refractivity contribution in [1.29, 1.82) is 0 Å². The molecule has 0 saturated carbocycles. The average molecular weight is 509 g/mol. The van der Waals surface area contributed by atoms with E-state index in [0.717, 1.165) is 9.80 Å². The second-order valence-electron chi connectivity index (χ2n) is 7.12. The molecule has 1 aromatic carbocycles. The number of benzene rings is 1. The molecule has 1 rings (SSSR count). The van der Waals surface area contributed by atoms with E-state index in [-0.39, 0.29) is 37.6 Å². The Balaban J connectivity index is 3.22. The van der Waals surface area contributed by atoms with Crippen molar-refractivity contribution >= 4 is 35.7 Å². The minimum absolute atomic E-state index is 0.0123. The zero-order valence-electron chi connectivity index (χ0n) is 20.9. The molecule has 36 heavy (non-hydrogen) atoms. The van der Waals surface area contributed by atoms with Gasteiger partial charge < -0.3 is 28.7 Å². The van der Waals surface area contributed by atoms with Crippen molar-refractivity contribution in [3.05, 3.63) is 35.4 Å². The van der Waals surface area contributed by atoms with Crippen molar-refractivity contribution in [3.8, 4) is 0 Å². The third-order valence-corrected chi connectivity index (χ3v) is 4.43. The van der Waals surface area contributed by atoms with Crippen LogP contribution < -0.4 is 0 Å². The van der Waals surface area contributed by atoms with Crippen molar-refractivity contribution in [2.75, 3.05) is 52.6 Å². The number of ether oxygens (including phenoxy) is 4. The third-order valence-electron chi connectivity index (χ3n) is 4.43. The van der Waals surface area contributed by atoms with Crippen molar-refractivity contribution in [2.45, 2.75) is 27.7 Å². The van der Waals surface area contributed by atoms with E-state index >= 15 is 0 Å². The molecule has 2 amide bonds. The van der Waals surface area contributed by atoms with E-state index < -0.39 is 61.9 Å². The summed E-state index contributed by atoms with van der Waals surface area (Å²) >= 11 is 0. The maximum absolute atomic E-state index is 13.1. The second-order valence-corrected chi connectivity index (χ2v) is 7.12. The van der Waals surface area contributed by atoms with Gasteiger partial charge in [-0.1, -0.05) is 6.07 Å². The SMILES string of the molecule is CCOC(=O)CN(CC(=O)OCC)C(=O)c1cccc(C(=O)N(CC(=O)OCC)CC(=O)OCC)c1. The van der Waals surface area contributed by atoms with E-state index in [0.29, 0.717) is 0 Å². The lowest BCUT2D eigenvalue weighted by Gasteiger charge is -2.22. The molecule has 0 bridgehead atoms. The van der Waals surface area contributed by atoms with Gasteiger partial charge in [0.1, 0.15) is 26.2 Å². The molecule has 0 aromatic heterocycles. The summed E-state index contributed by atoms with van der Waals surface area (Å²) in [6.45, 7) is 4.69. The van der Waals surface area contributed by atoms with E-state index in [1.54, 1.807) is 27.7 Å². The van der Waals surface area contributed by atoms with Crippen LogP contribution in [0.15, 0.2) is 24.3 Å². The maximum Gasteiger partial charge on any atom is 0.325 e. The van der Waals surface area contributed by atoms with Gasteiger partial charge in [0.25, 0.3) is 11.8 Å². The summed E-state index contributed by atoms with van der Waals surface area (Å²) in [5, 5.41) is 0. The fourth-order valence-electron chi connectivity index (χ4n) is 3.00. The summed E-state index contributed by atoms with van der Waals surface area (Å²) in [4.78, 5) is 76.1. The molecule has 0 aliphatic carbocycles. The van der Waals surface area contributed by atoms with Gasteiger partial charge in [-0.2, -0.15) is 0 Å². The number of carbonyl (C=O) groups is 6. The summed E-state index contributed by atoms with van der Waals surface area (Å²) in [6, 6.07) is 5.43. The van der Waals surface area contributed by atoms with E-state index in [1.165, 1.54) is 24.3 Å². The first-order valence-corrected chi connectivity index (χ1v) is 11.5. The van der Waals surface area contributed by atoms with Crippen LogP contribution in [0.4, 0.5) is 0 Å². The van der Waals surface area contributed by atoms with Gasteiger partial charge in [0, 0.05) is 11.1 Å². The van der Waals surface area contributed by atoms with Gasteiger partial charge in [0.2, 0.25) is 0 Å². The Kier molecular flexibility index (Phi) is 13.2. The Morgan fingerprint density at radius 2 is 0.833 bits per heavy atom. The Hall–Kier alpha value is -3.96. The van der Waals surface area contributed by atoms with Crippen LogP contribution in [-0.4, -0.2) is 98.1 Å². The fourth-order valence-corrected chi connectivity index (χ4v) is 3.00. The van der Waals surface area contributed by atoms with Crippen LogP contribution in [0.25, 0.3) is 0 Å². The van der Waals surface area contributed by atoms with Gasteiger partial charge in [-0.15, -0.1) is 0 Å². The highest BCUT2D eigenvalue weighted by Gasteiger charge is 2.26. The molecule has 0 fully saturated rings. The summed E-state index contributed by atoms with van der Waals surface area (Å²) < 4.78 is 19.5. The number of amides is 2. The zero-order chi connectivity index (χ0) is 27.1. The quantitative estimate of drug-likeness (QED) is 0.261. The second kappa shape index (κ2) is 15.8. The zero-order valence-corrected chi connectivity index (χ0v) is 20.9. The molecule has 0 heterocycles. The van der Waals surface area contributed by atoms with Crippen LogP contribution in [0.1, 0.15) is 48.4 Å². The molecule has 0 N–H and O–H groups in total. The molecule has 0 radical (unpaired) electrons. The van der Waals surface area contributed by atoms with Crippen molar-refractivity contribution in [3.63, 3.8) is 0 Å². The van der Waals surface area contributed by atoms with Crippen molar-refractivity contribution in [1.82, 2.24) is 9.80 Å². The molecule has 0 aliphatic heterocycles. The summed E-state index contributed by atoms with van der Waals surface area (Å²) in [5.74, 6) is -4.36. The van der Waals surface area contributed by atoms with E-state index in [4.69, 9.17) is 18.9 Å². The van der Waals surface area contributed by atoms with Crippen LogP contribution in [0.3, 0.4) is 0 Å². The van der Waals surface area contributed by atoms with Crippen LogP contribution in [0, 0.1) is 0 Å². The average Bonchev–Trinajstić information content (AvgIpc) is 2.83. The first-order valence-electron chi connectivity index (χ1n) is 11.5. The highest BCUT2D eigenvalue weighted by molar-refractivity contribution is 6.02. The normalized spacial score (nSPS) is 10.1. The van der Waals surface area contributed by atoms with Crippen LogP contribution in [0.2, 0.25) is 0 Å². The Morgan fingerprint density at radius 3 is 1.08 bits per heavy atom. The highest BCUT2D eigenvalue weighted by atomic mass is 16.5. The standard InChI is InChI=1S/C24H32N2O10/c1-5-33-19(27)13-25(14-20(28)34-6-2)23(31)17-10-9-11-18(12-17)24(32)26(15-21(29)35-7-3)16-22(30)36-8-4/h9-12H,5-8,13-16H2,1-4H3. The Labute approximate surface area is 209 Å². The lowest BCUT2D eigenvalue weighted by Crippen LogP contribution is -2.41. The van der Waals surface area contributed by atoms with Crippen molar-refractivity contribution < 1.29 is 47.7 Å². The van der Waals surface area contributed by atoms with Crippen LogP contribution in [-0.2, 0) is 38.1 Å². The molecule has 0 saturated heterocycles. The maximum atomic E-state index is 13.1. The lowest BCUT2D eigenvalue weighted by atomic mass is 10.1. The van der Waals surface area contributed by atoms with Crippen LogP contribution >= 0.6 is 0 Å². The molecule has 0 spiro atoms. The molecular weight excluding hydrogens is 476 g/mol. The van der Waals surface area contributed by atoms with Gasteiger partial charge in [0.15, 0.2) is 0 Å². The van der Waals surface area contributed by atoms with Gasteiger partial charge in [-0.05, 0) is 45.9 Å². The molecule has 12 nitrogen and oxygen atoms in total. The molecule has 1 aromatic rings. The third kappa shape index (κ3) is 10.1. The van der Waals surface area contributed by atoms with Gasteiger partial charge in [-0.25, -0.2) is 0 Å². The summed E-state index contributed by atoms with van der Waals surface area (Å²) in [6.07, 6.45) is 0. The highest BCUT2D eigenvalue weighted by Crippen LogP contribution is 2.12. The predicted octanol–water partition coefficient (Wildman–Crippen LogP) is 0.823. The first kappa shape index (κ1) is 30.1. The van der Waals surface area contributed by atoms with Gasteiger partial charge in [-0.3, -0.25) is 28.8 Å². The van der Waals surface area contributed by atoms with E-state index in [9.17, 15) is 28.8 Å². The number of rotatable bonds is 14. The molecule has 0 atom stereocenters. The summed E-state index contributed by atoms with van der Waals surface area (Å²) in [7, 11) is 0. The number of nitrogens with zero attached hydrogens (tertiary/aromatic N) is 2. The number of esters is 4. The smallest absolute Gasteiger partial charge is 0.325 e. The minimum atomic E-state index is -0.729.